The number of benzene rings is 3. The van der Waals surface area contributed by atoms with Crippen LogP contribution in [0.1, 0.15) is 47.8 Å². The van der Waals surface area contributed by atoms with Crippen molar-refractivity contribution in [2.24, 2.45) is 0 Å². The molecule has 8 nitrogen and oxygen atoms in total. The number of fused-ring (bicyclic) bond motifs is 1. The zero-order valence-corrected chi connectivity index (χ0v) is 22.5. The Morgan fingerprint density at radius 1 is 0.897 bits per heavy atom. The average molecular weight is 518 g/mol. The number of hydrogen-bond acceptors (Lipinski definition) is 7. The molecule has 0 radical (unpaired) electrons. The van der Waals surface area contributed by atoms with Gasteiger partial charge >= 0.3 is 0 Å². The third-order valence-electron chi connectivity index (χ3n) is 6.41. The van der Waals surface area contributed by atoms with E-state index in [1.54, 1.807) is 6.20 Å². The van der Waals surface area contributed by atoms with Gasteiger partial charge in [-0.3, -0.25) is 4.79 Å². The fourth-order valence-electron chi connectivity index (χ4n) is 4.10. The number of aryl methyl sites for hydroxylation is 1. The highest BCUT2D eigenvalue weighted by atomic mass is 16.1. The van der Waals surface area contributed by atoms with E-state index in [0.717, 1.165) is 28.1 Å². The molecule has 0 saturated carbocycles. The fourth-order valence-corrected chi connectivity index (χ4v) is 4.10. The number of hydrogen-bond donors (Lipinski definition) is 3. The molecular weight excluding hydrogens is 486 g/mol. The summed E-state index contributed by atoms with van der Waals surface area (Å²) in [5, 5.41) is 9.64. The van der Waals surface area contributed by atoms with Gasteiger partial charge in [0.25, 0.3) is 5.91 Å². The van der Waals surface area contributed by atoms with Gasteiger partial charge in [-0.15, -0.1) is 0 Å². The van der Waals surface area contributed by atoms with E-state index >= 15 is 0 Å². The number of nitrogens with one attached hydrogen (secondary N) is 3. The van der Waals surface area contributed by atoms with Crippen LogP contribution in [0, 0.1) is 6.92 Å². The Balaban J connectivity index is 1.37. The molecule has 2 aromatic heterocycles. The van der Waals surface area contributed by atoms with Gasteiger partial charge in [0, 0.05) is 23.5 Å². The van der Waals surface area contributed by atoms with E-state index < -0.39 is 0 Å². The second-order valence-electron chi connectivity index (χ2n) is 10.4. The molecule has 5 aromatic rings. The molecular formula is C31H31N7O. The SMILES string of the molecule is Cc1ccc(C(=O)Nc2cccc(C(C)(C)C)c2)cc1Nc1ncnc2cnc(NCc3ccccc3)nc12. The maximum absolute atomic E-state index is 13.1. The second-order valence-corrected chi connectivity index (χ2v) is 10.4. The first-order chi connectivity index (χ1) is 18.8. The van der Waals surface area contributed by atoms with Gasteiger partial charge in [-0.05, 0) is 53.3 Å². The maximum atomic E-state index is 13.1. The third-order valence-corrected chi connectivity index (χ3v) is 6.41. The van der Waals surface area contributed by atoms with E-state index in [-0.39, 0.29) is 11.3 Å². The normalized spacial score (nSPS) is 11.3. The van der Waals surface area contributed by atoms with Gasteiger partial charge in [0.1, 0.15) is 17.4 Å². The van der Waals surface area contributed by atoms with E-state index in [0.29, 0.717) is 34.9 Å². The van der Waals surface area contributed by atoms with E-state index in [2.05, 4.69) is 62.7 Å². The summed E-state index contributed by atoms with van der Waals surface area (Å²) < 4.78 is 0. The Morgan fingerprint density at radius 2 is 1.72 bits per heavy atom. The molecule has 0 saturated heterocycles. The van der Waals surface area contributed by atoms with Crippen molar-refractivity contribution < 1.29 is 4.79 Å². The van der Waals surface area contributed by atoms with Crippen molar-refractivity contribution in [2.75, 3.05) is 16.0 Å². The molecule has 2 heterocycles. The number of rotatable bonds is 7. The minimum Gasteiger partial charge on any atom is -0.350 e. The Labute approximate surface area is 228 Å². The first-order valence-electron chi connectivity index (χ1n) is 12.8. The Bertz CT molecular complexity index is 1630. The van der Waals surface area contributed by atoms with Gasteiger partial charge in [-0.25, -0.2) is 19.9 Å². The predicted octanol–water partition coefficient (Wildman–Crippen LogP) is 6.63. The summed E-state index contributed by atoms with van der Waals surface area (Å²) in [6.45, 7) is 9.02. The minimum absolute atomic E-state index is 0.0114. The van der Waals surface area contributed by atoms with Crippen molar-refractivity contribution in [1.29, 1.82) is 0 Å². The van der Waals surface area contributed by atoms with E-state index in [1.165, 1.54) is 6.33 Å². The molecule has 0 aliphatic rings. The molecule has 196 valence electrons. The Hall–Kier alpha value is -4.85. The van der Waals surface area contributed by atoms with Gasteiger partial charge in [0.2, 0.25) is 5.95 Å². The van der Waals surface area contributed by atoms with E-state index in [1.807, 2.05) is 73.7 Å². The number of carbonyl (C=O) groups excluding carboxylic acids is 1. The largest absolute Gasteiger partial charge is 0.350 e. The molecule has 3 aromatic carbocycles. The van der Waals surface area contributed by atoms with Gasteiger partial charge in [-0.2, -0.15) is 0 Å². The molecule has 39 heavy (non-hydrogen) atoms. The molecule has 0 fully saturated rings. The summed E-state index contributed by atoms with van der Waals surface area (Å²) in [4.78, 5) is 31.0. The van der Waals surface area contributed by atoms with Crippen LogP contribution in [0.2, 0.25) is 0 Å². The van der Waals surface area contributed by atoms with Crippen LogP contribution in [0.25, 0.3) is 11.0 Å². The number of aromatic nitrogens is 4. The van der Waals surface area contributed by atoms with Crippen LogP contribution in [0.15, 0.2) is 85.3 Å². The molecule has 0 aliphatic carbocycles. The summed E-state index contributed by atoms with van der Waals surface area (Å²) >= 11 is 0. The van der Waals surface area contributed by atoms with Crippen LogP contribution in [0.4, 0.5) is 23.1 Å². The average Bonchev–Trinajstić information content (AvgIpc) is 2.93. The summed E-state index contributed by atoms with van der Waals surface area (Å²) in [6.07, 6.45) is 3.14. The van der Waals surface area contributed by atoms with Crippen molar-refractivity contribution in [3.05, 3.63) is 108 Å². The smallest absolute Gasteiger partial charge is 0.255 e. The van der Waals surface area contributed by atoms with Gasteiger partial charge in [-0.1, -0.05) is 69.3 Å². The van der Waals surface area contributed by atoms with Crippen LogP contribution in [0.3, 0.4) is 0 Å². The highest BCUT2D eigenvalue weighted by Crippen LogP contribution is 2.27. The molecule has 8 heteroatoms. The topological polar surface area (TPSA) is 105 Å². The molecule has 0 bridgehead atoms. The lowest BCUT2D eigenvalue weighted by Gasteiger charge is -2.20. The molecule has 5 rings (SSSR count). The second kappa shape index (κ2) is 10.9. The number of carbonyl (C=O) groups is 1. The predicted molar refractivity (Wildman–Crippen MR) is 156 cm³/mol. The van der Waals surface area contributed by atoms with Crippen LogP contribution < -0.4 is 16.0 Å². The fraction of sp³-hybridized carbons (Fsp3) is 0.194. The molecule has 0 atom stereocenters. The minimum atomic E-state index is -0.189. The van der Waals surface area contributed by atoms with Crippen molar-refractivity contribution in [1.82, 2.24) is 19.9 Å². The Morgan fingerprint density at radius 3 is 2.51 bits per heavy atom. The van der Waals surface area contributed by atoms with Crippen LogP contribution in [0.5, 0.6) is 0 Å². The van der Waals surface area contributed by atoms with Gasteiger partial charge in [0.15, 0.2) is 5.82 Å². The van der Waals surface area contributed by atoms with Gasteiger partial charge in [0.05, 0.1) is 6.20 Å². The highest BCUT2D eigenvalue weighted by molar-refractivity contribution is 6.05. The lowest BCUT2D eigenvalue weighted by atomic mass is 9.87. The lowest BCUT2D eigenvalue weighted by Crippen LogP contribution is -2.15. The summed E-state index contributed by atoms with van der Waals surface area (Å²) in [5.74, 6) is 0.821. The lowest BCUT2D eigenvalue weighted by molar-refractivity contribution is 0.102. The summed E-state index contributed by atoms with van der Waals surface area (Å²) in [7, 11) is 0. The zero-order chi connectivity index (χ0) is 27.4. The van der Waals surface area contributed by atoms with E-state index in [4.69, 9.17) is 0 Å². The van der Waals surface area contributed by atoms with Crippen LogP contribution in [-0.4, -0.2) is 25.8 Å². The molecule has 0 spiro atoms. The molecule has 0 unspecified atom stereocenters. The summed E-state index contributed by atoms with van der Waals surface area (Å²) in [5.41, 5.74) is 6.47. The molecule has 3 N–H and O–H groups in total. The van der Waals surface area contributed by atoms with Crippen molar-refractivity contribution >= 4 is 40.1 Å². The van der Waals surface area contributed by atoms with Crippen molar-refractivity contribution in [3.8, 4) is 0 Å². The molecule has 1 amide bonds. The van der Waals surface area contributed by atoms with Crippen LogP contribution in [-0.2, 0) is 12.0 Å². The standard InChI is InChI=1S/C31H31N7O/c1-20-13-14-22(29(39)36-24-12-8-11-23(16-24)31(2,3)4)15-25(20)37-28-27-26(34-19-35-28)18-33-30(38-27)32-17-21-9-6-5-7-10-21/h5-16,18-19H,17H2,1-4H3,(H,36,39)(H,32,33,38)(H,34,35,37). The Kier molecular flexibility index (Phi) is 7.19. The maximum Gasteiger partial charge on any atom is 0.255 e. The zero-order valence-electron chi connectivity index (χ0n) is 22.5. The number of anilines is 4. The third kappa shape index (κ3) is 6.18. The molecule has 0 aliphatic heterocycles. The summed E-state index contributed by atoms with van der Waals surface area (Å²) in [6, 6.07) is 23.5. The first kappa shape index (κ1) is 25.8. The highest BCUT2D eigenvalue weighted by Gasteiger charge is 2.16. The monoisotopic (exact) mass is 517 g/mol. The van der Waals surface area contributed by atoms with Gasteiger partial charge < -0.3 is 16.0 Å². The quantitative estimate of drug-likeness (QED) is 0.222. The number of nitrogens with zero attached hydrogens (tertiary/aromatic N) is 4. The van der Waals surface area contributed by atoms with Crippen molar-refractivity contribution in [3.63, 3.8) is 0 Å². The van der Waals surface area contributed by atoms with E-state index in [9.17, 15) is 4.79 Å². The van der Waals surface area contributed by atoms with Crippen molar-refractivity contribution in [2.45, 2.75) is 39.7 Å². The number of amides is 1. The first-order valence-corrected chi connectivity index (χ1v) is 12.8. The van der Waals surface area contributed by atoms with Crippen LogP contribution >= 0.6 is 0 Å².